The van der Waals surface area contributed by atoms with Crippen LogP contribution in [0.2, 0.25) is 0 Å². The number of benzene rings is 3. The molecule has 3 aromatic rings. The van der Waals surface area contributed by atoms with E-state index in [1.807, 2.05) is 17.0 Å². The van der Waals surface area contributed by atoms with Gasteiger partial charge in [0.2, 0.25) is 5.91 Å². The van der Waals surface area contributed by atoms with Crippen molar-refractivity contribution in [2.24, 2.45) is 0 Å². The summed E-state index contributed by atoms with van der Waals surface area (Å²) in [5, 5.41) is 10.6. The van der Waals surface area contributed by atoms with Gasteiger partial charge in [-0.1, -0.05) is 18.2 Å². The summed E-state index contributed by atoms with van der Waals surface area (Å²) in [4.78, 5) is 38.6. The molecule has 1 aliphatic carbocycles. The van der Waals surface area contributed by atoms with Gasteiger partial charge in [-0.05, 0) is 91.5 Å². The minimum Gasteiger partial charge on any atom is -0.493 e. The number of methoxy groups -OCH3 is 4. The van der Waals surface area contributed by atoms with Gasteiger partial charge >= 0.3 is 5.97 Å². The summed E-state index contributed by atoms with van der Waals surface area (Å²) in [6.45, 7) is 3.12. The van der Waals surface area contributed by atoms with Gasteiger partial charge < -0.3 is 39.2 Å². The van der Waals surface area contributed by atoms with Crippen LogP contribution in [0.15, 0.2) is 54.6 Å². The lowest BCUT2D eigenvalue weighted by Crippen LogP contribution is -2.36. The predicted molar refractivity (Wildman–Crippen MR) is 178 cm³/mol. The quantitative estimate of drug-likeness (QED) is 0.285. The van der Waals surface area contributed by atoms with Gasteiger partial charge in [-0.25, -0.2) is 0 Å². The number of hydrogen-bond acceptors (Lipinski definition) is 8. The number of amides is 2. The van der Waals surface area contributed by atoms with Crippen LogP contribution in [0.4, 0.5) is 0 Å². The molecule has 1 aliphatic heterocycles. The summed E-state index contributed by atoms with van der Waals surface area (Å²) in [7, 11) is 8.79. The van der Waals surface area contributed by atoms with Crippen LogP contribution in [0.25, 0.3) is 0 Å². The van der Waals surface area contributed by atoms with E-state index >= 15 is 0 Å². The van der Waals surface area contributed by atoms with Gasteiger partial charge in [0, 0.05) is 31.1 Å². The first-order valence-corrected chi connectivity index (χ1v) is 15.7. The lowest BCUT2D eigenvalue weighted by Gasteiger charge is -2.34. The number of likely N-dealkylation sites (N-methyl/N-ethyl adjacent to an activating group) is 1. The Balaban J connectivity index is 0.000000323. The maximum absolute atomic E-state index is 12.9. The minimum absolute atomic E-state index is 0.183. The lowest BCUT2D eigenvalue weighted by atomic mass is 9.77. The molecule has 2 aliphatic rings. The van der Waals surface area contributed by atoms with Gasteiger partial charge in [0.1, 0.15) is 6.54 Å². The van der Waals surface area contributed by atoms with Gasteiger partial charge in [-0.3, -0.25) is 14.4 Å². The Morgan fingerprint density at radius 3 is 2.11 bits per heavy atom. The van der Waals surface area contributed by atoms with Crippen molar-refractivity contribution in [1.82, 2.24) is 15.1 Å². The normalized spacial score (nSPS) is 14.8. The molecule has 0 radical (unpaired) electrons. The third-order valence-electron chi connectivity index (χ3n) is 8.54. The van der Waals surface area contributed by atoms with Crippen molar-refractivity contribution < 1.29 is 38.4 Å². The standard InChI is InChI=1S/C27H36N2O5.C9H9NO3/c1-28(17-21-11-20-14-25(33-4)26(34-5)16-22(20)21)8-6-9-29-10-7-18-12-23(31-2)24(32-3)13-19(18)15-27(29)30;11-8(12)6-10-9(13)7-4-2-1-3-5-7/h12-14,16,21H,6-11,15,17H2,1-5H3;1-5H,6H2,(H,10,13)(H,11,12)/t21-;/m1./s1. The fraction of sp³-hybridized carbons (Fsp3) is 0.417. The number of rotatable bonds is 13. The van der Waals surface area contributed by atoms with Crippen LogP contribution in [0.3, 0.4) is 0 Å². The summed E-state index contributed by atoms with van der Waals surface area (Å²) >= 11 is 0. The van der Waals surface area contributed by atoms with Crippen LogP contribution in [-0.4, -0.2) is 101 Å². The van der Waals surface area contributed by atoms with Crippen LogP contribution in [0.5, 0.6) is 23.0 Å². The van der Waals surface area contributed by atoms with Gasteiger partial charge in [0.25, 0.3) is 5.91 Å². The molecule has 0 saturated heterocycles. The molecule has 1 atom stereocenters. The first-order valence-electron chi connectivity index (χ1n) is 15.7. The molecule has 0 bridgehead atoms. The Morgan fingerprint density at radius 1 is 0.894 bits per heavy atom. The van der Waals surface area contributed by atoms with E-state index in [0.29, 0.717) is 23.7 Å². The zero-order valence-corrected chi connectivity index (χ0v) is 27.8. The summed E-state index contributed by atoms with van der Waals surface area (Å²) in [5.74, 6) is 2.27. The van der Waals surface area contributed by atoms with Gasteiger partial charge in [0.05, 0.1) is 34.9 Å². The number of carbonyl (C=O) groups excluding carboxylic acids is 2. The Hall–Kier alpha value is -4.77. The second-order valence-corrected chi connectivity index (χ2v) is 11.6. The van der Waals surface area contributed by atoms with E-state index in [2.05, 4.69) is 29.4 Å². The Kier molecular flexibility index (Phi) is 12.5. The van der Waals surface area contributed by atoms with Gasteiger partial charge in [0.15, 0.2) is 23.0 Å². The number of ether oxygens (including phenoxy) is 4. The zero-order chi connectivity index (χ0) is 33.9. The topological polar surface area (TPSA) is 127 Å². The molecule has 0 fully saturated rings. The van der Waals surface area contributed by atoms with E-state index < -0.39 is 5.97 Å². The maximum atomic E-state index is 12.9. The minimum atomic E-state index is -1.05. The van der Waals surface area contributed by atoms with Crippen molar-refractivity contribution in [2.45, 2.75) is 31.6 Å². The van der Waals surface area contributed by atoms with Crippen molar-refractivity contribution in [3.63, 3.8) is 0 Å². The van der Waals surface area contributed by atoms with Crippen molar-refractivity contribution in [1.29, 1.82) is 0 Å². The molecule has 47 heavy (non-hydrogen) atoms. The fourth-order valence-electron chi connectivity index (χ4n) is 6.00. The van der Waals surface area contributed by atoms with E-state index in [4.69, 9.17) is 24.1 Å². The third-order valence-corrected chi connectivity index (χ3v) is 8.54. The molecule has 3 aromatic carbocycles. The monoisotopic (exact) mass is 647 g/mol. The molecule has 1 heterocycles. The number of carbonyl (C=O) groups is 3. The highest BCUT2D eigenvalue weighted by Gasteiger charge is 2.29. The van der Waals surface area contributed by atoms with E-state index in [1.165, 1.54) is 16.7 Å². The molecule has 0 saturated carbocycles. The largest absolute Gasteiger partial charge is 0.493 e. The number of fused-ring (bicyclic) bond motifs is 2. The number of carboxylic acid groups (broad SMARTS) is 1. The summed E-state index contributed by atoms with van der Waals surface area (Å²) in [6.07, 6.45) is 3.27. The summed E-state index contributed by atoms with van der Waals surface area (Å²) < 4.78 is 21.7. The van der Waals surface area contributed by atoms with Crippen LogP contribution in [0, 0.1) is 0 Å². The average Bonchev–Trinajstić information content (AvgIpc) is 3.22. The maximum Gasteiger partial charge on any atom is 0.322 e. The van der Waals surface area contributed by atoms with Crippen molar-refractivity contribution >= 4 is 17.8 Å². The first kappa shape index (κ1) is 35.1. The van der Waals surface area contributed by atoms with Crippen LogP contribution in [0.1, 0.15) is 45.0 Å². The zero-order valence-electron chi connectivity index (χ0n) is 27.8. The van der Waals surface area contributed by atoms with Crippen LogP contribution < -0.4 is 24.3 Å². The fourth-order valence-corrected chi connectivity index (χ4v) is 6.00. The molecule has 252 valence electrons. The molecular formula is C36H45N3O8. The van der Waals surface area contributed by atoms with E-state index in [-0.39, 0.29) is 18.4 Å². The number of nitrogens with one attached hydrogen (secondary N) is 1. The van der Waals surface area contributed by atoms with E-state index in [0.717, 1.165) is 68.3 Å². The Labute approximate surface area is 276 Å². The highest BCUT2D eigenvalue weighted by atomic mass is 16.5. The van der Waals surface area contributed by atoms with Crippen LogP contribution >= 0.6 is 0 Å². The predicted octanol–water partition coefficient (Wildman–Crippen LogP) is 3.81. The van der Waals surface area contributed by atoms with Crippen LogP contribution in [-0.2, 0) is 28.9 Å². The molecular weight excluding hydrogens is 602 g/mol. The third kappa shape index (κ3) is 9.16. The molecule has 0 unspecified atom stereocenters. The van der Waals surface area contributed by atoms with Gasteiger partial charge in [-0.2, -0.15) is 0 Å². The molecule has 2 amide bonds. The summed E-state index contributed by atoms with van der Waals surface area (Å²) in [6, 6.07) is 16.6. The number of carboxylic acids is 1. The average molecular weight is 648 g/mol. The second-order valence-electron chi connectivity index (χ2n) is 11.6. The molecule has 11 nitrogen and oxygen atoms in total. The van der Waals surface area contributed by atoms with E-state index in [9.17, 15) is 14.4 Å². The highest BCUT2D eigenvalue weighted by Crippen LogP contribution is 2.42. The number of hydrogen-bond donors (Lipinski definition) is 2. The Morgan fingerprint density at radius 2 is 1.49 bits per heavy atom. The lowest BCUT2D eigenvalue weighted by molar-refractivity contribution is -0.135. The smallest absolute Gasteiger partial charge is 0.322 e. The summed E-state index contributed by atoms with van der Waals surface area (Å²) in [5.41, 5.74) is 5.37. The molecule has 0 aromatic heterocycles. The van der Waals surface area contributed by atoms with Crippen molar-refractivity contribution in [2.75, 3.05) is 68.2 Å². The van der Waals surface area contributed by atoms with Crippen molar-refractivity contribution in [3.8, 4) is 23.0 Å². The second kappa shape index (κ2) is 16.7. The van der Waals surface area contributed by atoms with Gasteiger partial charge in [-0.15, -0.1) is 0 Å². The number of aliphatic carboxylic acids is 1. The first-order chi connectivity index (χ1) is 22.7. The molecule has 11 heteroatoms. The Bertz CT molecular complexity index is 1540. The SMILES string of the molecule is COc1cc2c(cc1OC)CC(=O)N(CCCN(C)C[C@H]1Cc3cc(OC)c(OC)cc31)CC2.O=C(O)CNC(=O)c1ccccc1. The van der Waals surface area contributed by atoms with E-state index in [1.54, 1.807) is 58.8 Å². The molecule has 0 spiro atoms. The highest BCUT2D eigenvalue weighted by molar-refractivity contribution is 5.95. The van der Waals surface area contributed by atoms with Crippen molar-refractivity contribution in [3.05, 3.63) is 82.4 Å². The number of nitrogens with zero attached hydrogens (tertiary/aromatic N) is 2. The molecule has 5 rings (SSSR count). The molecule has 2 N–H and O–H groups in total.